The normalized spacial score (nSPS) is 11.2. The Bertz CT molecular complexity index is 914. The van der Waals surface area contributed by atoms with Gasteiger partial charge in [-0.25, -0.2) is 4.79 Å². The molecule has 0 saturated carbocycles. The summed E-state index contributed by atoms with van der Waals surface area (Å²) < 4.78 is 7.26. The summed E-state index contributed by atoms with van der Waals surface area (Å²) in [6.07, 6.45) is 0. The highest BCUT2D eigenvalue weighted by Gasteiger charge is 2.19. The summed E-state index contributed by atoms with van der Waals surface area (Å²) in [6.45, 7) is 0. The summed E-state index contributed by atoms with van der Waals surface area (Å²) in [7, 11) is 1.29. The lowest BCUT2D eigenvalue weighted by Gasteiger charge is -2.06. The summed E-state index contributed by atoms with van der Waals surface area (Å²) >= 11 is 4.37. The number of aromatic nitrogens is 4. The Kier molecular flexibility index (Phi) is 5.97. The lowest BCUT2D eigenvalue weighted by molar-refractivity contribution is -0.132. The number of thioether (sulfide) groups is 1. The van der Waals surface area contributed by atoms with Crippen molar-refractivity contribution in [3.63, 3.8) is 0 Å². The second kappa shape index (κ2) is 8.59. The van der Waals surface area contributed by atoms with Gasteiger partial charge in [0.25, 0.3) is 0 Å². The predicted octanol–water partition coefficient (Wildman–Crippen LogP) is 3.12. The third kappa shape index (κ3) is 4.46. The summed E-state index contributed by atoms with van der Waals surface area (Å²) in [6, 6.07) is 16.7. The van der Waals surface area contributed by atoms with Crippen LogP contribution in [0.5, 0.6) is 0 Å². The maximum absolute atomic E-state index is 12.1. The lowest BCUT2D eigenvalue weighted by atomic mass is 10.3. The highest BCUT2D eigenvalue weighted by molar-refractivity contribution is 9.10. The highest BCUT2D eigenvalue weighted by Crippen LogP contribution is 2.21. The van der Waals surface area contributed by atoms with E-state index in [1.807, 2.05) is 54.6 Å². The van der Waals surface area contributed by atoms with E-state index in [9.17, 15) is 4.79 Å². The molecule has 8 nitrogen and oxygen atoms in total. The Balaban J connectivity index is 1.84. The van der Waals surface area contributed by atoms with Crippen molar-refractivity contribution in [2.75, 3.05) is 12.5 Å². The second-order valence-corrected chi connectivity index (χ2v) is 6.71. The van der Waals surface area contributed by atoms with Crippen molar-refractivity contribution in [3.05, 3.63) is 59.1 Å². The molecule has 1 aromatic heterocycles. The number of hydrazone groups is 1. The van der Waals surface area contributed by atoms with Crippen molar-refractivity contribution in [1.82, 2.24) is 20.2 Å². The van der Waals surface area contributed by atoms with Crippen LogP contribution in [-0.4, -0.2) is 38.3 Å². The van der Waals surface area contributed by atoms with E-state index in [4.69, 9.17) is 4.74 Å². The Morgan fingerprint density at radius 3 is 2.62 bits per heavy atom. The highest BCUT2D eigenvalue weighted by atomic mass is 79.9. The lowest BCUT2D eigenvalue weighted by Crippen LogP contribution is -2.15. The van der Waals surface area contributed by atoms with Crippen LogP contribution >= 0.6 is 27.7 Å². The van der Waals surface area contributed by atoms with Gasteiger partial charge in [0, 0.05) is 4.47 Å². The minimum absolute atomic E-state index is 0.0717. The standard InChI is InChI=1S/C16H13BrN6O2S/c1-25-15(24)14(19-18-12-9-7-11(17)8-10-12)26-16-20-21-22-23(16)13-5-3-2-4-6-13/h2-10,18H,1H3. The monoisotopic (exact) mass is 432 g/mol. The maximum atomic E-state index is 12.1. The van der Waals surface area contributed by atoms with Gasteiger partial charge in [-0.2, -0.15) is 9.78 Å². The zero-order valence-electron chi connectivity index (χ0n) is 13.5. The number of halogens is 1. The summed E-state index contributed by atoms with van der Waals surface area (Å²) in [4.78, 5) is 12.1. The van der Waals surface area contributed by atoms with Crippen molar-refractivity contribution in [2.24, 2.45) is 5.10 Å². The van der Waals surface area contributed by atoms with Crippen LogP contribution in [0.3, 0.4) is 0 Å². The molecule has 1 N–H and O–H groups in total. The molecule has 0 aliphatic carbocycles. The van der Waals surface area contributed by atoms with Crippen LogP contribution in [0.2, 0.25) is 0 Å². The van der Waals surface area contributed by atoms with Crippen LogP contribution in [0, 0.1) is 0 Å². The molecule has 0 spiro atoms. The molecule has 0 aliphatic heterocycles. The van der Waals surface area contributed by atoms with E-state index < -0.39 is 5.97 Å². The Morgan fingerprint density at radius 2 is 1.92 bits per heavy atom. The van der Waals surface area contributed by atoms with Crippen LogP contribution < -0.4 is 5.43 Å². The van der Waals surface area contributed by atoms with Crippen molar-refractivity contribution in [1.29, 1.82) is 0 Å². The number of ether oxygens (including phenoxy) is 1. The average Bonchev–Trinajstić information content (AvgIpc) is 3.14. The minimum atomic E-state index is -0.595. The van der Waals surface area contributed by atoms with Crippen LogP contribution in [0.25, 0.3) is 5.69 Å². The van der Waals surface area contributed by atoms with E-state index >= 15 is 0 Å². The van der Waals surface area contributed by atoms with Crippen molar-refractivity contribution >= 4 is 44.4 Å². The molecule has 3 aromatic rings. The topological polar surface area (TPSA) is 94.3 Å². The summed E-state index contributed by atoms with van der Waals surface area (Å²) in [5, 5.41) is 16.2. The van der Waals surface area contributed by atoms with E-state index in [1.165, 1.54) is 11.8 Å². The number of rotatable bonds is 4. The van der Waals surface area contributed by atoms with Gasteiger partial charge in [0.1, 0.15) is 0 Å². The third-order valence-corrected chi connectivity index (χ3v) is 4.54. The largest absolute Gasteiger partial charge is 0.464 e. The molecule has 0 unspecified atom stereocenters. The molecule has 0 aliphatic rings. The van der Waals surface area contributed by atoms with Crippen LogP contribution in [0.1, 0.15) is 0 Å². The number of nitrogens with zero attached hydrogens (tertiary/aromatic N) is 5. The Hall–Kier alpha value is -2.72. The number of anilines is 1. The van der Waals surface area contributed by atoms with E-state index in [2.05, 4.69) is 42.0 Å². The number of methoxy groups -OCH3 is 1. The molecule has 0 bridgehead atoms. The van der Waals surface area contributed by atoms with E-state index in [1.54, 1.807) is 0 Å². The Morgan fingerprint density at radius 1 is 1.19 bits per heavy atom. The smallest absolute Gasteiger partial charge is 0.365 e. The molecule has 0 atom stereocenters. The number of esters is 1. The Labute approximate surface area is 161 Å². The fourth-order valence-electron chi connectivity index (χ4n) is 1.90. The van der Waals surface area contributed by atoms with Crippen molar-refractivity contribution < 1.29 is 9.53 Å². The van der Waals surface area contributed by atoms with Gasteiger partial charge in [-0.3, -0.25) is 5.43 Å². The SMILES string of the molecule is COC(=O)C(=NNc1ccc(Br)cc1)Sc1nnnn1-c1ccccc1. The minimum Gasteiger partial charge on any atom is -0.464 e. The average molecular weight is 433 g/mol. The molecule has 2 aromatic carbocycles. The number of hydrogen-bond acceptors (Lipinski definition) is 8. The third-order valence-electron chi connectivity index (χ3n) is 3.12. The fraction of sp³-hybridized carbons (Fsp3) is 0.0625. The molecular formula is C16H13BrN6O2S. The number of hydrogen-bond donors (Lipinski definition) is 1. The summed E-state index contributed by atoms with van der Waals surface area (Å²) in [5.41, 5.74) is 4.32. The van der Waals surface area contributed by atoms with E-state index in [0.717, 1.165) is 27.6 Å². The van der Waals surface area contributed by atoms with Gasteiger partial charge >= 0.3 is 5.97 Å². The maximum Gasteiger partial charge on any atom is 0.365 e. The molecule has 10 heteroatoms. The molecule has 1 heterocycles. The molecule has 0 fully saturated rings. The fourth-order valence-corrected chi connectivity index (χ4v) is 2.90. The van der Waals surface area contributed by atoms with E-state index in [-0.39, 0.29) is 5.04 Å². The summed E-state index contributed by atoms with van der Waals surface area (Å²) in [5.74, 6) is -0.595. The molecule has 132 valence electrons. The van der Waals surface area contributed by atoms with Crippen molar-refractivity contribution in [2.45, 2.75) is 5.16 Å². The first kappa shape index (κ1) is 18.1. The first-order chi connectivity index (χ1) is 12.7. The zero-order valence-corrected chi connectivity index (χ0v) is 15.9. The molecular weight excluding hydrogens is 420 g/mol. The predicted molar refractivity (Wildman–Crippen MR) is 102 cm³/mol. The van der Waals surface area contributed by atoms with Gasteiger partial charge in [0.2, 0.25) is 10.2 Å². The molecule has 0 radical (unpaired) electrons. The van der Waals surface area contributed by atoms with Crippen molar-refractivity contribution in [3.8, 4) is 5.69 Å². The first-order valence-electron chi connectivity index (χ1n) is 7.36. The number of carbonyl (C=O) groups is 1. The van der Waals surface area contributed by atoms with Gasteiger partial charge in [-0.1, -0.05) is 34.1 Å². The molecule has 3 rings (SSSR count). The quantitative estimate of drug-likeness (QED) is 0.222. The van der Waals surface area contributed by atoms with Crippen LogP contribution in [0.4, 0.5) is 5.69 Å². The van der Waals surface area contributed by atoms with Crippen LogP contribution in [-0.2, 0) is 9.53 Å². The molecule has 26 heavy (non-hydrogen) atoms. The number of carbonyl (C=O) groups excluding carboxylic acids is 1. The second-order valence-electron chi connectivity index (χ2n) is 4.84. The van der Waals surface area contributed by atoms with E-state index in [0.29, 0.717) is 5.16 Å². The number of tetrazole rings is 1. The van der Waals surface area contributed by atoms with Gasteiger partial charge in [0.15, 0.2) is 0 Å². The molecule has 0 saturated heterocycles. The molecule has 0 amide bonds. The number of benzene rings is 2. The van der Waals surface area contributed by atoms with Gasteiger partial charge in [0.05, 0.1) is 18.5 Å². The number of para-hydroxylation sites is 1. The van der Waals surface area contributed by atoms with Gasteiger partial charge in [-0.05, 0) is 58.6 Å². The van der Waals surface area contributed by atoms with Crippen LogP contribution in [0.15, 0.2) is 69.3 Å². The first-order valence-corrected chi connectivity index (χ1v) is 8.97. The zero-order chi connectivity index (χ0) is 18.4. The number of nitrogens with one attached hydrogen (secondary N) is 1. The van der Waals surface area contributed by atoms with Gasteiger partial charge in [-0.15, -0.1) is 5.10 Å². The van der Waals surface area contributed by atoms with Gasteiger partial charge < -0.3 is 4.74 Å².